The zero-order chi connectivity index (χ0) is 34.0. The largest absolute Gasteiger partial charge is 0.491 e. The highest BCUT2D eigenvalue weighted by Gasteiger charge is 2.05. The summed E-state index contributed by atoms with van der Waals surface area (Å²) >= 11 is 0. The van der Waals surface area contributed by atoms with Gasteiger partial charge in [-0.05, 0) is 97.1 Å². The lowest BCUT2D eigenvalue weighted by molar-refractivity contribution is 0.0536. The lowest BCUT2D eigenvalue weighted by Crippen LogP contribution is -2.21. The molecule has 0 aromatic heterocycles. The van der Waals surface area contributed by atoms with Gasteiger partial charge in [-0.3, -0.25) is 0 Å². The van der Waals surface area contributed by atoms with E-state index in [1.54, 1.807) is 84.9 Å². The molecule has 242 valence electrons. The molecule has 0 saturated heterocycles. The van der Waals surface area contributed by atoms with Crippen molar-refractivity contribution in [2.24, 2.45) is 0 Å². The van der Waals surface area contributed by atoms with E-state index in [0.717, 1.165) is 22.3 Å². The number of benzene rings is 4. The molecule has 47 heavy (non-hydrogen) atoms. The van der Waals surface area contributed by atoms with Crippen LogP contribution in [0.15, 0.2) is 97.1 Å². The molecule has 0 radical (unpaired) electrons. The molecule has 2 atom stereocenters. The highest BCUT2D eigenvalue weighted by molar-refractivity contribution is 5.89. The number of carbonyl (C=O) groups excluding carboxylic acids is 1. The van der Waals surface area contributed by atoms with Crippen LogP contribution in [0.4, 0.5) is 0 Å². The van der Waals surface area contributed by atoms with Crippen LogP contribution in [0.2, 0.25) is 0 Å². The first kappa shape index (κ1) is 35.9. The van der Waals surface area contributed by atoms with Crippen molar-refractivity contribution in [1.29, 1.82) is 0 Å². The summed E-state index contributed by atoms with van der Waals surface area (Å²) in [4.78, 5) is 22.1. The molecule has 0 aliphatic carbocycles. The molecule has 0 spiro atoms. The van der Waals surface area contributed by atoms with E-state index in [0.29, 0.717) is 17.1 Å². The number of carboxylic acids is 1. The molecule has 0 aliphatic rings. The summed E-state index contributed by atoms with van der Waals surface area (Å²) in [6.45, 7) is -0.617. The number of carbonyl (C=O) groups is 2. The Morgan fingerprint density at radius 2 is 0.894 bits per heavy atom. The lowest BCUT2D eigenvalue weighted by atomic mass is 10.1. The van der Waals surface area contributed by atoms with E-state index >= 15 is 0 Å². The number of ether oxygens (including phenoxy) is 3. The molecule has 10 heteroatoms. The fraction of sp³-hybridized carbons (Fsp3) is 0.189. The normalized spacial score (nSPS) is 11.2. The third-order valence-corrected chi connectivity index (χ3v) is 6.16. The van der Waals surface area contributed by atoms with Crippen LogP contribution >= 0.6 is 0 Å². The number of aliphatic hydroxyl groups excluding tert-OH is 4. The van der Waals surface area contributed by atoms with Crippen molar-refractivity contribution in [3.05, 3.63) is 130 Å². The Kier molecular flexibility index (Phi) is 14.5. The Bertz CT molecular complexity index is 1690. The molecule has 4 rings (SSSR count). The smallest absolute Gasteiger partial charge is 0.337 e. The van der Waals surface area contributed by atoms with Gasteiger partial charge in [0.25, 0.3) is 0 Å². The Hall–Kier alpha value is -5.62. The monoisotopic (exact) mass is 638 g/mol. The quantitative estimate of drug-likeness (QED) is 0.129. The average molecular weight is 639 g/mol. The van der Waals surface area contributed by atoms with Crippen molar-refractivity contribution in [2.75, 3.05) is 33.5 Å². The standard InChI is InChI=1S/C19H18O5.C18H16O5/c1-23-19(22)16-8-4-14(5-9-16)2-3-15-6-10-18(11-7-15)24-13-17(21)12-20;19-11-16(20)12-23-17-9-5-14(6-10-17)2-1-13-3-7-15(8-4-13)18(21)22/h4-11,17,20-21H,12-13H2,1H3;3-10,16,19-20H,11-12H2,(H,21,22). The Morgan fingerprint density at radius 3 is 1.19 bits per heavy atom. The molecule has 0 heterocycles. The maximum absolute atomic E-state index is 11.4. The van der Waals surface area contributed by atoms with Crippen molar-refractivity contribution >= 4 is 11.9 Å². The van der Waals surface area contributed by atoms with Gasteiger partial charge >= 0.3 is 11.9 Å². The minimum atomic E-state index is -0.966. The molecule has 2 unspecified atom stereocenters. The molecule has 0 saturated carbocycles. The van der Waals surface area contributed by atoms with E-state index in [4.69, 9.17) is 24.8 Å². The van der Waals surface area contributed by atoms with E-state index in [-0.39, 0.29) is 38.0 Å². The maximum atomic E-state index is 11.4. The van der Waals surface area contributed by atoms with Crippen molar-refractivity contribution in [1.82, 2.24) is 0 Å². The van der Waals surface area contributed by atoms with Crippen LogP contribution in [-0.2, 0) is 4.74 Å². The third kappa shape index (κ3) is 12.7. The second kappa shape index (κ2) is 19.0. The van der Waals surface area contributed by atoms with E-state index in [1.165, 1.54) is 19.2 Å². The Morgan fingerprint density at radius 1 is 0.574 bits per heavy atom. The number of hydrogen-bond donors (Lipinski definition) is 5. The van der Waals surface area contributed by atoms with Gasteiger partial charge in [0.1, 0.15) is 36.9 Å². The molecule has 4 aromatic rings. The minimum Gasteiger partial charge on any atom is -0.491 e. The average Bonchev–Trinajstić information content (AvgIpc) is 3.12. The number of hydrogen-bond acceptors (Lipinski definition) is 9. The van der Waals surface area contributed by atoms with Gasteiger partial charge in [0, 0.05) is 22.3 Å². The van der Waals surface area contributed by atoms with E-state index < -0.39 is 18.2 Å². The van der Waals surface area contributed by atoms with Crippen molar-refractivity contribution in [2.45, 2.75) is 12.2 Å². The molecular formula is C37H34O10. The summed E-state index contributed by atoms with van der Waals surface area (Å²) < 4.78 is 15.3. The van der Waals surface area contributed by atoms with Crippen LogP contribution < -0.4 is 9.47 Å². The number of aliphatic hydroxyl groups is 4. The summed E-state index contributed by atoms with van der Waals surface area (Å²) in [7, 11) is 1.34. The summed E-state index contributed by atoms with van der Waals surface area (Å²) in [6, 6.07) is 27.3. The molecular weight excluding hydrogens is 604 g/mol. The molecule has 4 aromatic carbocycles. The summed E-state index contributed by atoms with van der Waals surface area (Å²) in [6.07, 6.45) is -1.79. The second-order valence-electron chi connectivity index (χ2n) is 9.79. The van der Waals surface area contributed by atoms with E-state index in [1.807, 2.05) is 0 Å². The number of carboxylic acid groups (broad SMARTS) is 1. The van der Waals surface area contributed by atoms with Gasteiger partial charge in [0.2, 0.25) is 0 Å². The summed E-state index contributed by atoms with van der Waals surface area (Å²) in [5.41, 5.74) is 3.80. The zero-order valence-electron chi connectivity index (χ0n) is 25.5. The third-order valence-electron chi connectivity index (χ3n) is 6.16. The molecule has 0 fully saturated rings. The summed E-state index contributed by atoms with van der Waals surface area (Å²) in [5.74, 6) is 11.8. The van der Waals surface area contributed by atoms with Gasteiger partial charge < -0.3 is 39.7 Å². The van der Waals surface area contributed by atoms with Crippen LogP contribution in [0.1, 0.15) is 43.0 Å². The molecule has 10 nitrogen and oxygen atoms in total. The fourth-order valence-corrected chi connectivity index (χ4v) is 3.55. The van der Waals surface area contributed by atoms with Gasteiger partial charge in [0.15, 0.2) is 0 Å². The van der Waals surface area contributed by atoms with Crippen molar-refractivity contribution in [3.63, 3.8) is 0 Å². The first-order valence-corrected chi connectivity index (χ1v) is 14.3. The zero-order valence-corrected chi connectivity index (χ0v) is 25.5. The van der Waals surface area contributed by atoms with Gasteiger partial charge in [-0.15, -0.1) is 0 Å². The van der Waals surface area contributed by atoms with E-state index in [2.05, 4.69) is 28.4 Å². The van der Waals surface area contributed by atoms with Crippen molar-refractivity contribution in [3.8, 4) is 35.2 Å². The number of methoxy groups -OCH3 is 1. The molecule has 0 bridgehead atoms. The highest BCUT2D eigenvalue weighted by atomic mass is 16.5. The van der Waals surface area contributed by atoms with E-state index in [9.17, 15) is 19.8 Å². The van der Waals surface area contributed by atoms with Gasteiger partial charge in [-0.25, -0.2) is 9.59 Å². The van der Waals surface area contributed by atoms with Gasteiger partial charge in [0.05, 0.1) is 31.5 Å². The SMILES string of the molecule is COC(=O)c1ccc(C#Cc2ccc(OCC(O)CO)cc2)cc1.O=C(O)c1ccc(C#Cc2ccc(OCC(O)CO)cc2)cc1. The predicted molar refractivity (Wildman–Crippen MR) is 173 cm³/mol. The number of aromatic carboxylic acids is 1. The highest BCUT2D eigenvalue weighted by Crippen LogP contribution is 2.13. The van der Waals surface area contributed by atoms with Crippen LogP contribution in [0.3, 0.4) is 0 Å². The van der Waals surface area contributed by atoms with Crippen LogP contribution in [0, 0.1) is 23.7 Å². The first-order chi connectivity index (χ1) is 22.7. The molecule has 5 N–H and O–H groups in total. The fourth-order valence-electron chi connectivity index (χ4n) is 3.55. The molecule has 0 amide bonds. The van der Waals surface area contributed by atoms with Crippen LogP contribution in [-0.4, -0.2) is 83.2 Å². The Labute approximate surface area is 272 Å². The Balaban J connectivity index is 0.000000256. The van der Waals surface area contributed by atoms with Gasteiger partial charge in [-0.1, -0.05) is 23.7 Å². The summed E-state index contributed by atoms with van der Waals surface area (Å²) in [5, 5.41) is 44.7. The predicted octanol–water partition coefficient (Wildman–Crippen LogP) is 3.12. The molecule has 0 aliphatic heterocycles. The van der Waals surface area contributed by atoms with Crippen molar-refractivity contribution < 1.29 is 49.3 Å². The first-order valence-electron chi connectivity index (χ1n) is 14.3. The lowest BCUT2D eigenvalue weighted by Gasteiger charge is -2.09. The number of esters is 1. The second-order valence-corrected chi connectivity index (χ2v) is 9.79. The van der Waals surface area contributed by atoms with Crippen LogP contribution in [0.25, 0.3) is 0 Å². The minimum absolute atomic E-state index is 0.0252. The number of rotatable bonds is 10. The maximum Gasteiger partial charge on any atom is 0.337 e. The van der Waals surface area contributed by atoms with Crippen LogP contribution in [0.5, 0.6) is 11.5 Å². The van der Waals surface area contributed by atoms with Gasteiger partial charge in [-0.2, -0.15) is 0 Å². The topological polar surface area (TPSA) is 163 Å².